The lowest BCUT2D eigenvalue weighted by molar-refractivity contribution is -0.117. The molecule has 218 valence electrons. The fourth-order valence-electron chi connectivity index (χ4n) is 6.44. The summed E-state index contributed by atoms with van der Waals surface area (Å²) in [6.07, 6.45) is 22.7. The molecule has 1 atom stereocenters. The Morgan fingerprint density at radius 2 is 1.27 bits per heavy atom. The van der Waals surface area contributed by atoms with Crippen LogP contribution in [0.5, 0.6) is 0 Å². The topological polar surface area (TPSA) is 38.1 Å². The number of aromatic nitrogens is 2. The summed E-state index contributed by atoms with van der Waals surface area (Å²) in [5.41, 5.74) is 4.45. The van der Waals surface area contributed by atoms with Crippen molar-refractivity contribution in [2.45, 2.75) is 135 Å². The van der Waals surface area contributed by atoms with Gasteiger partial charge in [0, 0.05) is 31.1 Å². The highest BCUT2D eigenvalue weighted by molar-refractivity contribution is 5.97. The van der Waals surface area contributed by atoms with E-state index in [9.17, 15) is 4.79 Å². The second-order valence-electron chi connectivity index (χ2n) is 12.1. The molecule has 0 bridgehead atoms. The van der Waals surface area contributed by atoms with Crippen molar-refractivity contribution < 1.29 is 4.79 Å². The van der Waals surface area contributed by atoms with E-state index in [-0.39, 0.29) is 11.8 Å². The Bertz CT molecular complexity index is 1170. The third kappa shape index (κ3) is 8.69. The highest BCUT2D eigenvalue weighted by Gasteiger charge is 2.35. The minimum absolute atomic E-state index is 0.139. The van der Waals surface area contributed by atoms with Gasteiger partial charge in [0.25, 0.3) is 0 Å². The van der Waals surface area contributed by atoms with Crippen LogP contribution in [-0.4, -0.2) is 22.0 Å². The smallest absolute Gasteiger partial charge is 0.227 e. The maximum atomic E-state index is 13.0. The fourth-order valence-corrected chi connectivity index (χ4v) is 6.44. The molecule has 2 heterocycles. The second-order valence-corrected chi connectivity index (χ2v) is 12.1. The minimum atomic E-state index is 0.139. The van der Waals surface area contributed by atoms with Gasteiger partial charge in [-0.15, -0.1) is 0 Å². The monoisotopic (exact) mass is 543 g/mol. The van der Waals surface area contributed by atoms with Crippen molar-refractivity contribution in [1.29, 1.82) is 0 Å². The zero-order valence-corrected chi connectivity index (χ0v) is 25.4. The number of hydrogen-bond donors (Lipinski definition) is 0. The van der Waals surface area contributed by atoms with Crippen LogP contribution in [-0.2, 0) is 11.3 Å². The third-order valence-electron chi connectivity index (χ3n) is 8.82. The van der Waals surface area contributed by atoms with Gasteiger partial charge in [-0.1, -0.05) is 134 Å². The molecule has 1 fully saturated rings. The van der Waals surface area contributed by atoms with Crippen molar-refractivity contribution in [3.8, 4) is 0 Å². The predicted molar refractivity (Wildman–Crippen MR) is 170 cm³/mol. The summed E-state index contributed by atoms with van der Waals surface area (Å²) in [5.74, 6) is 1.44. The summed E-state index contributed by atoms with van der Waals surface area (Å²) >= 11 is 0. The van der Waals surface area contributed by atoms with Crippen LogP contribution >= 0.6 is 0 Å². The molecule has 40 heavy (non-hydrogen) atoms. The largest absolute Gasteiger partial charge is 0.328 e. The molecule has 0 aliphatic carbocycles. The zero-order chi connectivity index (χ0) is 28.0. The normalized spacial score (nSPS) is 15.5. The molecule has 1 aliphatic heterocycles. The van der Waals surface area contributed by atoms with Crippen molar-refractivity contribution in [1.82, 2.24) is 9.55 Å². The molecule has 1 saturated heterocycles. The van der Waals surface area contributed by atoms with E-state index in [1.165, 1.54) is 108 Å². The molecule has 3 aromatic rings. The first kappa shape index (κ1) is 30.3. The molecule has 4 heteroatoms. The van der Waals surface area contributed by atoms with Crippen LogP contribution < -0.4 is 4.90 Å². The van der Waals surface area contributed by atoms with E-state index < -0.39 is 0 Å². The van der Waals surface area contributed by atoms with E-state index >= 15 is 0 Å². The molecule has 0 radical (unpaired) electrons. The maximum Gasteiger partial charge on any atom is 0.227 e. The number of carbonyl (C=O) groups is 1. The average Bonchev–Trinajstić information content (AvgIpc) is 3.53. The molecule has 1 amide bonds. The first-order valence-corrected chi connectivity index (χ1v) is 16.5. The molecular formula is C36H53N3O. The number of hydrogen-bond acceptors (Lipinski definition) is 2. The molecule has 1 aliphatic rings. The summed E-state index contributed by atoms with van der Waals surface area (Å²) in [5, 5.41) is 0. The number of nitrogens with zero attached hydrogens (tertiary/aromatic N) is 3. The number of unbranched alkanes of at least 4 members (excludes halogenated alkanes) is 15. The number of imidazole rings is 1. The van der Waals surface area contributed by atoms with Crippen molar-refractivity contribution in [3.63, 3.8) is 0 Å². The molecule has 0 spiro atoms. The van der Waals surface area contributed by atoms with Gasteiger partial charge in [0.2, 0.25) is 5.91 Å². The molecular weight excluding hydrogens is 490 g/mol. The Balaban J connectivity index is 1.17. The SMILES string of the molecule is CCCCCCCCCCCCCCCCCCn1c(C2CC(=O)N(c3ccccc3C)C2)nc2ccccc21. The summed E-state index contributed by atoms with van der Waals surface area (Å²) in [6, 6.07) is 16.7. The number of aryl methyl sites for hydroxylation is 2. The van der Waals surface area contributed by atoms with Crippen LogP contribution in [0.4, 0.5) is 5.69 Å². The number of carbonyl (C=O) groups excluding carboxylic acids is 1. The summed E-state index contributed by atoms with van der Waals surface area (Å²) in [7, 11) is 0. The first-order valence-electron chi connectivity index (χ1n) is 16.5. The van der Waals surface area contributed by atoms with E-state index in [2.05, 4.69) is 54.8 Å². The first-order chi connectivity index (χ1) is 19.7. The van der Waals surface area contributed by atoms with Gasteiger partial charge in [0.05, 0.1) is 11.0 Å². The zero-order valence-electron chi connectivity index (χ0n) is 25.4. The Labute approximate surface area is 243 Å². The second kappa shape index (κ2) is 16.6. The highest BCUT2D eigenvalue weighted by atomic mass is 16.2. The van der Waals surface area contributed by atoms with Crippen LogP contribution in [0.1, 0.15) is 133 Å². The molecule has 4 rings (SSSR count). The van der Waals surface area contributed by atoms with Gasteiger partial charge in [-0.25, -0.2) is 4.98 Å². The summed E-state index contributed by atoms with van der Waals surface area (Å²) < 4.78 is 2.42. The van der Waals surface area contributed by atoms with Crippen LogP contribution in [0.3, 0.4) is 0 Å². The van der Waals surface area contributed by atoms with E-state index in [1.807, 2.05) is 17.0 Å². The summed E-state index contributed by atoms with van der Waals surface area (Å²) in [4.78, 5) is 20.1. The number of amides is 1. The molecule has 0 N–H and O–H groups in total. The lowest BCUT2D eigenvalue weighted by Gasteiger charge is -2.19. The third-order valence-corrected chi connectivity index (χ3v) is 8.82. The quantitative estimate of drug-likeness (QED) is 0.141. The van der Waals surface area contributed by atoms with Gasteiger partial charge >= 0.3 is 0 Å². The predicted octanol–water partition coefficient (Wildman–Crippen LogP) is 10.1. The van der Waals surface area contributed by atoms with E-state index in [0.29, 0.717) is 13.0 Å². The van der Waals surface area contributed by atoms with Crippen molar-refractivity contribution in [2.75, 3.05) is 11.4 Å². The van der Waals surface area contributed by atoms with Gasteiger partial charge in [0.1, 0.15) is 5.82 Å². The van der Waals surface area contributed by atoms with Crippen molar-refractivity contribution in [2.24, 2.45) is 0 Å². The number of rotatable bonds is 19. The fraction of sp³-hybridized carbons (Fsp3) is 0.611. The van der Waals surface area contributed by atoms with Gasteiger partial charge in [-0.05, 0) is 37.1 Å². The maximum absolute atomic E-state index is 13.0. The van der Waals surface area contributed by atoms with E-state index in [4.69, 9.17) is 4.98 Å². The molecule has 4 nitrogen and oxygen atoms in total. The van der Waals surface area contributed by atoms with Crippen LogP contribution in [0.2, 0.25) is 0 Å². The van der Waals surface area contributed by atoms with Crippen LogP contribution in [0.25, 0.3) is 11.0 Å². The highest BCUT2D eigenvalue weighted by Crippen LogP contribution is 2.34. The standard InChI is InChI=1S/C36H53N3O/c1-3-4-5-6-7-8-9-10-11-12-13-14-15-16-17-22-27-38-34-26-21-19-24-32(34)37-36(38)31-28-35(40)39(29-31)33-25-20-18-23-30(33)2/h18-21,23-26,31H,3-17,22,27-29H2,1-2H3. The van der Waals surface area contributed by atoms with Crippen LogP contribution in [0, 0.1) is 6.92 Å². The number of para-hydroxylation sites is 3. The molecule has 2 aromatic carbocycles. The molecule has 1 unspecified atom stereocenters. The summed E-state index contributed by atoms with van der Waals surface area (Å²) in [6.45, 7) is 6.08. The Morgan fingerprint density at radius 3 is 1.90 bits per heavy atom. The van der Waals surface area contributed by atoms with E-state index in [0.717, 1.165) is 29.1 Å². The molecule has 1 aromatic heterocycles. The van der Waals surface area contributed by atoms with Gasteiger partial charge in [0.15, 0.2) is 0 Å². The number of anilines is 1. The minimum Gasteiger partial charge on any atom is -0.328 e. The molecule has 0 saturated carbocycles. The van der Waals surface area contributed by atoms with Gasteiger partial charge in [-0.2, -0.15) is 0 Å². The average molecular weight is 544 g/mol. The lowest BCUT2D eigenvalue weighted by Crippen LogP contribution is -2.25. The Hall–Kier alpha value is -2.62. The Kier molecular flexibility index (Phi) is 12.6. The van der Waals surface area contributed by atoms with Gasteiger partial charge in [-0.3, -0.25) is 4.79 Å². The Morgan fingerprint density at radius 1 is 0.725 bits per heavy atom. The van der Waals surface area contributed by atoms with Gasteiger partial charge < -0.3 is 9.47 Å². The van der Waals surface area contributed by atoms with Crippen molar-refractivity contribution in [3.05, 3.63) is 59.9 Å². The van der Waals surface area contributed by atoms with E-state index in [1.54, 1.807) is 0 Å². The van der Waals surface area contributed by atoms with Crippen LogP contribution in [0.15, 0.2) is 48.5 Å². The number of benzene rings is 2. The van der Waals surface area contributed by atoms with Crippen molar-refractivity contribution >= 4 is 22.6 Å². The number of fused-ring (bicyclic) bond motifs is 1. The lowest BCUT2D eigenvalue weighted by atomic mass is 10.0.